The fraction of sp³-hybridized carbons (Fsp3) is 0.286. The number of phenolic OH excluding ortho intramolecular Hbond substituents is 1. The van der Waals surface area contributed by atoms with Crippen LogP contribution in [-0.2, 0) is 0 Å². The summed E-state index contributed by atoms with van der Waals surface area (Å²) in [5, 5.41) is 19.6. The Balaban J connectivity index is 1.48. The van der Waals surface area contributed by atoms with E-state index in [1.807, 2.05) is 0 Å². The number of carbonyl (C=O) groups is 3. The SMILES string of the molecule is COc1ccc(O)c(C(=O)c2ccc(C(=O)N[C@@H]3CCCNC[C@H]3NC(=O)c3ccnc(N)c3)cc2)c1OC. The molecule has 2 aromatic carbocycles. The van der Waals surface area contributed by atoms with Gasteiger partial charge >= 0.3 is 0 Å². The first-order valence-corrected chi connectivity index (χ1v) is 12.4. The van der Waals surface area contributed by atoms with Crippen LogP contribution in [0, 0.1) is 0 Å². The van der Waals surface area contributed by atoms with Gasteiger partial charge in [-0.3, -0.25) is 14.4 Å². The number of hydrogen-bond donors (Lipinski definition) is 5. The Labute approximate surface area is 225 Å². The van der Waals surface area contributed by atoms with Crippen LogP contribution in [0.4, 0.5) is 5.82 Å². The molecule has 2 atom stereocenters. The molecule has 0 unspecified atom stereocenters. The van der Waals surface area contributed by atoms with Crippen molar-refractivity contribution in [3.05, 3.63) is 77.0 Å². The average Bonchev–Trinajstić information content (AvgIpc) is 3.17. The first kappa shape index (κ1) is 27.4. The van der Waals surface area contributed by atoms with Crippen molar-refractivity contribution in [2.75, 3.05) is 33.0 Å². The molecule has 0 spiro atoms. The van der Waals surface area contributed by atoms with E-state index in [1.165, 1.54) is 62.9 Å². The lowest BCUT2D eigenvalue weighted by molar-refractivity contribution is 0.0882. The maximum Gasteiger partial charge on any atom is 0.251 e. The van der Waals surface area contributed by atoms with Crippen LogP contribution >= 0.6 is 0 Å². The van der Waals surface area contributed by atoms with Gasteiger partial charge in [-0.05, 0) is 55.8 Å². The number of nitrogens with one attached hydrogen (secondary N) is 3. The number of nitrogens with zero attached hydrogens (tertiary/aromatic N) is 1. The van der Waals surface area contributed by atoms with Crippen LogP contribution in [0.25, 0.3) is 0 Å². The first-order chi connectivity index (χ1) is 18.8. The number of amides is 2. The van der Waals surface area contributed by atoms with Crippen LogP contribution in [0.3, 0.4) is 0 Å². The van der Waals surface area contributed by atoms with Crippen molar-refractivity contribution in [1.29, 1.82) is 0 Å². The van der Waals surface area contributed by atoms with E-state index in [1.54, 1.807) is 6.07 Å². The van der Waals surface area contributed by atoms with Gasteiger partial charge in [-0.25, -0.2) is 4.98 Å². The van der Waals surface area contributed by atoms with Gasteiger partial charge in [0, 0.05) is 29.4 Å². The van der Waals surface area contributed by atoms with Crippen molar-refractivity contribution >= 4 is 23.4 Å². The predicted octanol–water partition coefficient (Wildman–Crippen LogP) is 1.90. The van der Waals surface area contributed by atoms with Crippen LogP contribution in [0.5, 0.6) is 17.2 Å². The van der Waals surface area contributed by atoms with Crippen molar-refractivity contribution in [1.82, 2.24) is 20.9 Å². The Morgan fingerprint density at radius 2 is 1.64 bits per heavy atom. The molecule has 2 heterocycles. The minimum atomic E-state index is -0.482. The van der Waals surface area contributed by atoms with Gasteiger partial charge in [-0.2, -0.15) is 0 Å². The van der Waals surface area contributed by atoms with E-state index in [2.05, 4.69) is 20.9 Å². The highest BCUT2D eigenvalue weighted by atomic mass is 16.5. The lowest BCUT2D eigenvalue weighted by atomic mass is 9.99. The lowest BCUT2D eigenvalue weighted by Crippen LogP contribution is -2.54. The molecule has 3 aromatic rings. The number of aromatic hydroxyl groups is 1. The summed E-state index contributed by atoms with van der Waals surface area (Å²) in [6.07, 6.45) is 2.95. The normalized spacial score (nSPS) is 17.0. The molecule has 11 heteroatoms. The van der Waals surface area contributed by atoms with E-state index in [9.17, 15) is 19.5 Å². The van der Waals surface area contributed by atoms with Crippen LogP contribution in [0.15, 0.2) is 54.7 Å². The van der Waals surface area contributed by atoms with E-state index in [4.69, 9.17) is 15.2 Å². The van der Waals surface area contributed by atoms with E-state index in [0.717, 1.165) is 13.0 Å². The first-order valence-electron chi connectivity index (χ1n) is 12.4. The molecule has 1 aromatic heterocycles. The lowest BCUT2D eigenvalue weighted by Gasteiger charge is -2.27. The molecule has 1 aliphatic heterocycles. The second kappa shape index (κ2) is 12.3. The summed E-state index contributed by atoms with van der Waals surface area (Å²) in [7, 11) is 2.82. The number of benzene rings is 2. The molecule has 4 rings (SSSR count). The summed E-state index contributed by atoms with van der Waals surface area (Å²) >= 11 is 0. The Hall–Kier alpha value is -4.64. The Kier molecular flexibility index (Phi) is 8.62. The molecule has 0 aliphatic carbocycles. The zero-order chi connectivity index (χ0) is 27.9. The third-order valence-electron chi connectivity index (χ3n) is 6.55. The molecule has 6 N–H and O–H groups in total. The number of methoxy groups -OCH3 is 2. The number of anilines is 1. The highest BCUT2D eigenvalue weighted by molar-refractivity contribution is 6.13. The van der Waals surface area contributed by atoms with Gasteiger partial charge in [0.2, 0.25) is 5.78 Å². The number of ketones is 1. The van der Waals surface area contributed by atoms with Crippen LogP contribution in [0.2, 0.25) is 0 Å². The zero-order valence-electron chi connectivity index (χ0n) is 21.7. The molecule has 2 amide bonds. The highest BCUT2D eigenvalue weighted by Gasteiger charge is 2.28. The molecule has 1 saturated heterocycles. The van der Waals surface area contributed by atoms with Gasteiger partial charge in [0.05, 0.1) is 26.3 Å². The summed E-state index contributed by atoms with van der Waals surface area (Å²) in [5.41, 5.74) is 6.66. The second-order valence-electron chi connectivity index (χ2n) is 9.08. The molecule has 204 valence electrons. The second-order valence-corrected chi connectivity index (χ2v) is 9.08. The number of phenols is 1. The summed E-state index contributed by atoms with van der Waals surface area (Å²) < 4.78 is 10.5. The fourth-order valence-electron chi connectivity index (χ4n) is 4.52. The van der Waals surface area contributed by atoms with E-state index < -0.39 is 5.78 Å². The monoisotopic (exact) mass is 533 g/mol. The molecule has 11 nitrogen and oxygen atoms in total. The van der Waals surface area contributed by atoms with Crippen molar-refractivity contribution in [3.8, 4) is 17.2 Å². The molecule has 0 saturated carbocycles. The summed E-state index contributed by atoms with van der Waals surface area (Å²) in [6.45, 7) is 1.24. The Morgan fingerprint density at radius 1 is 0.949 bits per heavy atom. The van der Waals surface area contributed by atoms with Gasteiger partial charge in [0.25, 0.3) is 11.8 Å². The number of hydrogen-bond acceptors (Lipinski definition) is 9. The Morgan fingerprint density at radius 3 is 2.33 bits per heavy atom. The largest absolute Gasteiger partial charge is 0.507 e. The topological polar surface area (TPSA) is 165 Å². The molecule has 0 bridgehead atoms. The third kappa shape index (κ3) is 6.27. The quantitative estimate of drug-likeness (QED) is 0.272. The van der Waals surface area contributed by atoms with Crippen molar-refractivity contribution in [3.63, 3.8) is 0 Å². The number of rotatable bonds is 8. The van der Waals surface area contributed by atoms with E-state index in [0.29, 0.717) is 29.8 Å². The maximum absolute atomic E-state index is 13.2. The molecule has 0 radical (unpaired) electrons. The zero-order valence-corrected chi connectivity index (χ0v) is 21.7. The van der Waals surface area contributed by atoms with Gasteiger partial charge < -0.3 is 36.3 Å². The number of aromatic nitrogens is 1. The van der Waals surface area contributed by atoms with E-state index >= 15 is 0 Å². The summed E-state index contributed by atoms with van der Waals surface area (Å²) in [5.74, 6) is -0.705. The molecular formula is C28H31N5O6. The number of pyridine rings is 1. The molecule has 1 aliphatic rings. The minimum Gasteiger partial charge on any atom is -0.507 e. The van der Waals surface area contributed by atoms with Gasteiger partial charge in [-0.15, -0.1) is 0 Å². The maximum atomic E-state index is 13.2. The molecular weight excluding hydrogens is 502 g/mol. The molecule has 39 heavy (non-hydrogen) atoms. The van der Waals surface area contributed by atoms with Crippen molar-refractivity contribution in [2.45, 2.75) is 24.9 Å². The van der Waals surface area contributed by atoms with Crippen molar-refractivity contribution in [2.24, 2.45) is 0 Å². The fourth-order valence-corrected chi connectivity index (χ4v) is 4.52. The van der Waals surface area contributed by atoms with Gasteiger partial charge in [0.1, 0.15) is 17.1 Å². The van der Waals surface area contributed by atoms with Crippen LogP contribution in [-0.4, -0.2) is 67.1 Å². The summed E-state index contributed by atoms with van der Waals surface area (Å²) in [6, 6.07) is 11.3. The Bertz CT molecular complexity index is 1360. The van der Waals surface area contributed by atoms with E-state index in [-0.39, 0.29) is 52.3 Å². The van der Waals surface area contributed by atoms with Crippen LogP contribution < -0.4 is 31.2 Å². The van der Waals surface area contributed by atoms with Crippen LogP contribution in [0.1, 0.15) is 49.5 Å². The number of nitrogen functional groups attached to an aromatic ring is 1. The number of carbonyl (C=O) groups excluding carboxylic acids is 3. The highest BCUT2D eigenvalue weighted by Crippen LogP contribution is 2.38. The van der Waals surface area contributed by atoms with Gasteiger partial charge in [-0.1, -0.05) is 12.1 Å². The predicted molar refractivity (Wildman–Crippen MR) is 144 cm³/mol. The summed E-state index contributed by atoms with van der Waals surface area (Å²) in [4.78, 5) is 43.0. The average molecular weight is 534 g/mol. The number of nitrogens with two attached hydrogens (primary N) is 1. The molecule has 1 fully saturated rings. The number of ether oxygens (including phenoxy) is 2. The van der Waals surface area contributed by atoms with Crippen molar-refractivity contribution < 1.29 is 29.0 Å². The smallest absolute Gasteiger partial charge is 0.251 e. The van der Waals surface area contributed by atoms with Gasteiger partial charge in [0.15, 0.2) is 11.5 Å². The third-order valence-corrected chi connectivity index (χ3v) is 6.55. The minimum absolute atomic E-state index is 0.0328. The standard InChI is InChI=1S/C28H31N5O6/c1-38-22-10-9-21(34)24(26(22)39-2)25(35)16-5-7-17(8-6-16)27(36)32-19-4-3-12-30-15-20(19)33-28(37)18-11-13-31-23(29)14-18/h5-11,13-14,19-20,30,34H,3-4,12,15H2,1-2H3,(H2,29,31)(H,32,36)(H,33,37)/t19-,20-/m1/s1.